The summed E-state index contributed by atoms with van der Waals surface area (Å²) in [6.07, 6.45) is 1.55. The Balaban J connectivity index is 0.00000176. The molecule has 0 amide bonds. The summed E-state index contributed by atoms with van der Waals surface area (Å²) in [6, 6.07) is 3.18. The van der Waals surface area contributed by atoms with Gasteiger partial charge in [0.15, 0.2) is 0 Å². The van der Waals surface area contributed by atoms with Gasteiger partial charge in [0.1, 0.15) is 11.9 Å². The van der Waals surface area contributed by atoms with Gasteiger partial charge in [-0.05, 0) is 32.0 Å². The van der Waals surface area contributed by atoms with Crippen LogP contribution in [0.5, 0.6) is 5.75 Å². The first kappa shape index (κ1) is 17.8. The summed E-state index contributed by atoms with van der Waals surface area (Å²) in [5.74, 6) is 0.619. The molecular weight excluding hydrogens is 347 g/mol. The monoisotopic (exact) mass is 366 g/mol. The third kappa shape index (κ3) is 3.08. The maximum absolute atomic E-state index is 12.8. The fourth-order valence-electron chi connectivity index (χ4n) is 2.92. The van der Waals surface area contributed by atoms with Crippen molar-refractivity contribution in [3.63, 3.8) is 0 Å². The number of ether oxygens (including phenoxy) is 1. The zero-order valence-electron chi connectivity index (χ0n) is 12.5. The lowest BCUT2D eigenvalue weighted by molar-refractivity contribution is 0.255. The SMILES string of the molecule is CC1Cc2cc(S(=O)(=O)N(C)C3CCNC3)cc(Cl)c2O1.Cl. The van der Waals surface area contributed by atoms with Crippen molar-refractivity contribution in [2.45, 2.75) is 36.8 Å². The minimum absolute atomic E-state index is 0. The molecule has 2 atom stereocenters. The van der Waals surface area contributed by atoms with Crippen molar-refractivity contribution in [1.82, 2.24) is 9.62 Å². The van der Waals surface area contributed by atoms with Crippen LogP contribution in [0.1, 0.15) is 18.9 Å². The first-order chi connectivity index (χ1) is 9.89. The molecule has 2 aliphatic heterocycles. The molecule has 2 unspecified atom stereocenters. The Hall–Kier alpha value is -0.530. The highest BCUT2D eigenvalue weighted by molar-refractivity contribution is 7.89. The van der Waals surface area contributed by atoms with Crippen LogP contribution in [0.4, 0.5) is 0 Å². The number of hydrogen-bond acceptors (Lipinski definition) is 4. The molecule has 0 bridgehead atoms. The van der Waals surface area contributed by atoms with E-state index >= 15 is 0 Å². The molecule has 0 aromatic heterocycles. The molecule has 1 aromatic carbocycles. The number of fused-ring (bicyclic) bond motifs is 1. The van der Waals surface area contributed by atoms with Crippen LogP contribution in [-0.4, -0.2) is 45.0 Å². The number of nitrogens with one attached hydrogen (secondary N) is 1. The van der Waals surface area contributed by atoms with Crippen LogP contribution in [0, 0.1) is 0 Å². The maximum atomic E-state index is 12.8. The summed E-state index contributed by atoms with van der Waals surface area (Å²) < 4.78 is 32.6. The average molecular weight is 367 g/mol. The first-order valence-electron chi connectivity index (χ1n) is 7.07. The Bertz CT molecular complexity index is 660. The van der Waals surface area contributed by atoms with Crippen LogP contribution < -0.4 is 10.1 Å². The van der Waals surface area contributed by atoms with Crippen LogP contribution in [0.25, 0.3) is 0 Å². The van der Waals surface area contributed by atoms with E-state index in [2.05, 4.69) is 5.32 Å². The molecular formula is C14H20Cl2N2O3S. The van der Waals surface area contributed by atoms with Gasteiger partial charge in [0, 0.05) is 31.6 Å². The van der Waals surface area contributed by atoms with E-state index in [0.717, 1.165) is 18.5 Å². The van der Waals surface area contributed by atoms with Crippen LogP contribution in [0.15, 0.2) is 17.0 Å². The van der Waals surface area contributed by atoms with Crippen LogP contribution in [0.3, 0.4) is 0 Å². The Morgan fingerprint density at radius 2 is 2.14 bits per heavy atom. The van der Waals surface area contributed by atoms with E-state index in [1.54, 1.807) is 13.1 Å². The topological polar surface area (TPSA) is 58.6 Å². The minimum Gasteiger partial charge on any atom is -0.489 e. The summed E-state index contributed by atoms with van der Waals surface area (Å²) in [5, 5.41) is 3.55. The fraction of sp³-hybridized carbons (Fsp3) is 0.571. The number of rotatable bonds is 3. The van der Waals surface area contributed by atoms with Gasteiger partial charge in [0.05, 0.1) is 9.92 Å². The van der Waals surface area contributed by atoms with E-state index < -0.39 is 10.0 Å². The summed E-state index contributed by atoms with van der Waals surface area (Å²) >= 11 is 6.19. The third-order valence-corrected chi connectivity index (χ3v) is 6.31. The Morgan fingerprint density at radius 3 is 2.77 bits per heavy atom. The largest absolute Gasteiger partial charge is 0.489 e. The number of nitrogens with zero attached hydrogens (tertiary/aromatic N) is 1. The van der Waals surface area contributed by atoms with Crippen LogP contribution in [-0.2, 0) is 16.4 Å². The van der Waals surface area contributed by atoms with Crippen molar-refractivity contribution in [2.75, 3.05) is 20.1 Å². The van der Waals surface area contributed by atoms with Crippen molar-refractivity contribution in [3.8, 4) is 5.75 Å². The molecule has 2 heterocycles. The fourth-order valence-corrected chi connectivity index (χ4v) is 4.73. The van der Waals surface area contributed by atoms with Crippen LogP contribution >= 0.6 is 24.0 Å². The van der Waals surface area contributed by atoms with Crippen LogP contribution in [0.2, 0.25) is 5.02 Å². The molecule has 0 aliphatic carbocycles. The molecule has 3 rings (SSSR count). The van der Waals surface area contributed by atoms with Gasteiger partial charge in [-0.3, -0.25) is 0 Å². The standard InChI is InChI=1S/C14H19ClN2O3S.ClH/c1-9-5-10-6-12(7-13(15)14(10)20-9)21(18,19)17(2)11-3-4-16-8-11;/h6-7,9,11,16H,3-5,8H2,1-2H3;1H. The van der Waals surface area contributed by atoms with Crippen molar-refractivity contribution >= 4 is 34.0 Å². The lowest BCUT2D eigenvalue weighted by atomic mass is 10.1. The highest BCUT2D eigenvalue weighted by atomic mass is 35.5. The molecule has 1 aromatic rings. The molecule has 0 saturated carbocycles. The highest BCUT2D eigenvalue weighted by Gasteiger charge is 2.32. The van der Waals surface area contributed by atoms with Crippen molar-refractivity contribution < 1.29 is 13.2 Å². The van der Waals surface area contributed by atoms with Crippen molar-refractivity contribution in [1.29, 1.82) is 0 Å². The van der Waals surface area contributed by atoms with Crippen molar-refractivity contribution in [3.05, 3.63) is 22.7 Å². The second kappa shape index (κ2) is 6.53. The van der Waals surface area contributed by atoms with Gasteiger partial charge in [-0.2, -0.15) is 4.31 Å². The second-order valence-corrected chi connectivity index (χ2v) is 8.10. The van der Waals surface area contributed by atoms with Gasteiger partial charge in [-0.15, -0.1) is 12.4 Å². The number of likely N-dealkylation sites (N-methyl/N-ethyl adjacent to an activating group) is 1. The van der Waals surface area contributed by atoms with E-state index in [4.69, 9.17) is 16.3 Å². The summed E-state index contributed by atoms with van der Waals surface area (Å²) in [6.45, 7) is 3.48. The third-order valence-electron chi connectivity index (χ3n) is 4.15. The van der Waals surface area contributed by atoms with Gasteiger partial charge in [-0.25, -0.2) is 8.42 Å². The molecule has 2 aliphatic rings. The van der Waals surface area contributed by atoms with Gasteiger partial charge < -0.3 is 10.1 Å². The molecule has 1 saturated heterocycles. The lowest BCUT2D eigenvalue weighted by Crippen LogP contribution is -2.38. The number of sulfonamides is 1. The summed E-state index contributed by atoms with van der Waals surface area (Å²) in [4.78, 5) is 0.248. The first-order valence-corrected chi connectivity index (χ1v) is 8.89. The zero-order chi connectivity index (χ0) is 15.2. The zero-order valence-corrected chi connectivity index (χ0v) is 14.9. The van der Waals surface area contributed by atoms with Gasteiger partial charge in [0.25, 0.3) is 0 Å². The predicted molar refractivity (Wildman–Crippen MR) is 88.7 cm³/mol. The molecule has 0 radical (unpaired) electrons. The Labute approximate surface area is 142 Å². The average Bonchev–Trinajstić information content (AvgIpc) is 3.06. The lowest BCUT2D eigenvalue weighted by Gasteiger charge is -2.23. The highest BCUT2D eigenvalue weighted by Crippen LogP contribution is 2.38. The smallest absolute Gasteiger partial charge is 0.243 e. The molecule has 1 N–H and O–H groups in total. The van der Waals surface area contributed by atoms with E-state index in [-0.39, 0.29) is 29.4 Å². The summed E-state index contributed by atoms with van der Waals surface area (Å²) in [5.41, 5.74) is 0.867. The van der Waals surface area contributed by atoms with E-state index in [9.17, 15) is 8.42 Å². The molecule has 1 fully saturated rings. The Kier molecular flexibility index (Phi) is 5.29. The molecule has 0 spiro atoms. The molecule has 8 heteroatoms. The second-order valence-electron chi connectivity index (χ2n) is 5.69. The van der Waals surface area contributed by atoms with Crippen molar-refractivity contribution in [2.24, 2.45) is 0 Å². The van der Waals surface area contributed by atoms with Gasteiger partial charge in [-0.1, -0.05) is 11.6 Å². The number of hydrogen-bond donors (Lipinski definition) is 1. The predicted octanol–water partition coefficient (Wildman–Crippen LogP) is 2.07. The van der Waals surface area contributed by atoms with Gasteiger partial charge >= 0.3 is 0 Å². The van der Waals surface area contributed by atoms with E-state index in [0.29, 0.717) is 23.7 Å². The van der Waals surface area contributed by atoms with E-state index in [1.807, 2.05) is 6.92 Å². The minimum atomic E-state index is -3.53. The number of halogens is 2. The molecule has 22 heavy (non-hydrogen) atoms. The summed E-state index contributed by atoms with van der Waals surface area (Å²) in [7, 11) is -1.90. The molecule has 124 valence electrons. The van der Waals surface area contributed by atoms with Gasteiger partial charge in [0.2, 0.25) is 10.0 Å². The number of benzene rings is 1. The maximum Gasteiger partial charge on any atom is 0.243 e. The normalized spacial score (nSPS) is 24.0. The van der Waals surface area contributed by atoms with E-state index in [1.165, 1.54) is 10.4 Å². The quantitative estimate of drug-likeness (QED) is 0.889. The Morgan fingerprint density at radius 1 is 1.41 bits per heavy atom. The molecule has 5 nitrogen and oxygen atoms in total.